The summed E-state index contributed by atoms with van der Waals surface area (Å²) < 4.78 is 11.3. The highest BCUT2D eigenvalue weighted by Gasteiger charge is 2.14. The van der Waals surface area contributed by atoms with Crippen molar-refractivity contribution in [2.45, 2.75) is 32.1 Å². The van der Waals surface area contributed by atoms with E-state index in [4.69, 9.17) is 21.1 Å². The molecule has 1 aliphatic rings. The minimum absolute atomic E-state index is 0.132. The Hall–Kier alpha value is -2.22. The largest absolute Gasteiger partial charge is 0.381 e. The zero-order chi connectivity index (χ0) is 18.4. The summed E-state index contributed by atoms with van der Waals surface area (Å²) in [5.41, 5.74) is 2.01. The number of halogens is 1. The molecular formula is C18H20ClN3O4. The number of nitrogens with zero attached hydrogens (tertiary/aromatic N) is 2. The third-order valence-electron chi connectivity index (χ3n) is 4.14. The van der Waals surface area contributed by atoms with Gasteiger partial charge in [-0.1, -0.05) is 35.9 Å². The van der Waals surface area contributed by atoms with E-state index >= 15 is 0 Å². The molecule has 2 aromatic rings. The smallest absolute Gasteiger partial charge is 0.289 e. The van der Waals surface area contributed by atoms with Crippen molar-refractivity contribution in [2.75, 3.05) is 18.5 Å². The van der Waals surface area contributed by atoms with E-state index in [0.717, 1.165) is 37.2 Å². The van der Waals surface area contributed by atoms with Crippen molar-refractivity contribution in [3.05, 3.63) is 62.8 Å². The van der Waals surface area contributed by atoms with Gasteiger partial charge in [-0.2, -0.15) is 0 Å². The Morgan fingerprint density at radius 3 is 2.81 bits per heavy atom. The van der Waals surface area contributed by atoms with E-state index in [1.54, 1.807) is 0 Å². The van der Waals surface area contributed by atoms with E-state index in [9.17, 15) is 10.1 Å². The lowest BCUT2D eigenvalue weighted by Crippen LogP contribution is -2.23. The first-order chi connectivity index (χ1) is 12.6. The molecule has 3 rings (SSSR count). The van der Waals surface area contributed by atoms with Crippen LogP contribution < -0.4 is 5.32 Å². The third kappa shape index (κ3) is 5.14. The Morgan fingerprint density at radius 1 is 1.31 bits per heavy atom. The molecule has 138 valence electrons. The van der Waals surface area contributed by atoms with Gasteiger partial charge in [-0.05, 0) is 24.0 Å². The Kier molecular flexibility index (Phi) is 6.38. The number of ether oxygens (including phenoxy) is 2. The average Bonchev–Trinajstić information content (AvgIpc) is 2.66. The SMILES string of the molecule is O=[N+]([O-])c1cnc(NCc2cccc(COC3CCOCC3)c2)c(Cl)c1. The molecule has 1 N–H and O–H groups in total. The summed E-state index contributed by atoms with van der Waals surface area (Å²) in [6, 6.07) is 9.34. The van der Waals surface area contributed by atoms with Crippen LogP contribution in [0.2, 0.25) is 5.02 Å². The maximum Gasteiger partial charge on any atom is 0.289 e. The van der Waals surface area contributed by atoms with Crippen molar-refractivity contribution in [1.82, 2.24) is 4.98 Å². The van der Waals surface area contributed by atoms with Gasteiger partial charge >= 0.3 is 0 Å². The summed E-state index contributed by atoms with van der Waals surface area (Å²) in [4.78, 5) is 14.2. The van der Waals surface area contributed by atoms with Gasteiger partial charge in [0.05, 0.1) is 22.7 Å². The normalized spacial score (nSPS) is 15.0. The number of nitrogens with one attached hydrogen (secondary N) is 1. The second kappa shape index (κ2) is 8.93. The van der Waals surface area contributed by atoms with Crippen LogP contribution in [0.4, 0.5) is 11.5 Å². The molecule has 1 aliphatic heterocycles. The topological polar surface area (TPSA) is 86.5 Å². The molecule has 26 heavy (non-hydrogen) atoms. The van der Waals surface area contributed by atoms with Crippen LogP contribution in [0.1, 0.15) is 24.0 Å². The van der Waals surface area contributed by atoms with E-state index in [1.165, 1.54) is 12.3 Å². The molecule has 0 bridgehead atoms. The van der Waals surface area contributed by atoms with Gasteiger partial charge in [0.15, 0.2) is 0 Å². The van der Waals surface area contributed by atoms with E-state index in [2.05, 4.69) is 16.4 Å². The van der Waals surface area contributed by atoms with Gasteiger partial charge in [0.1, 0.15) is 12.0 Å². The summed E-state index contributed by atoms with van der Waals surface area (Å²) in [5, 5.41) is 14.1. The minimum Gasteiger partial charge on any atom is -0.381 e. The van der Waals surface area contributed by atoms with E-state index in [1.807, 2.05) is 18.2 Å². The molecule has 2 heterocycles. The van der Waals surface area contributed by atoms with Gasteiger partial charge in [-0.15, -0.1) is 0 Å². The van der Waals surface area contributed by atoms with Gasteiger partial charge in [-0.3, -0.25) is 10.1 Å². The molecule has 1 saturated heterocycles. The van der Waals surface area contributed by atoms with Crippen molar-refractivity contribution >= 4 is 23.1 Å². The Balaban J connectivity index is 1.56. The summed E-state index contributed by atoms with van der Waals surface area (Å²) >= 11 is 6.05. The molecular weight excluding hydrogens is 358 g/mol. The van der Waals surface area contributed by atoms with Crippen LogP contribution in [0.25, 0.3) is 0 Å². The van der Waals surface area contributed by atoms with E-state index in [-0.39, 0.29) is 16.8 Å². The van der Waals surface area contributed by atoms with Gasteiger partial charge in [0.2, 0.25) is 0 Å². The zero-order valence-corrected chi connectivity index (χ0v) is 14.9. The fourth-order valence-electron chi connectivity index (χ4n) is 2.73. The van der Waals surface area contributed by atoms with Crippen LogP contribution in [0.3, 0.4) is 0 Å². The summed E-state index contributed by atoms with van der Waals surface area (Å²) in [7, 11) is 0. The molecule has 0 aliphatic carbocycles. The quantitative estimate of drug-likeness (QED) is 0.580. The van der Waals surface area contributed by atoms with Crippen molar-refractivity contribution in [2.24, 2.45) is 0 Å². The highest BCUT2D eigenvalue weighted by atomic mass is 35.5. The highest BCUT2D eigenvalue weighted by molar-refractivity contribution is 6.33. The molecule has 1 aromatic heterocycles. The molecule has 0 spiro atoms. The lowest BCUT2D eigenvalue weighted by molar-refractivity contribution is -0.385. The summed E-state index contributed by atoms with van der Waals surface area (Å²) in [5.74, 6) is 0.418. The van der Waals surface area contributed by atoms with Gasteiger partial charge in [-0.25, -0.2) is 4.98 Å². The van der Waals surface area contributed by atoms with E-state index in [0.29, 0.717) is 19.0 Å². The molecule has 8 heteroatoms. The van der Waals surface area contributed by atoms with Gasteiger partial charge in [0.25, 0.3) is 5.69 Å². The molecule has 0 amide bonds. The Bertz CT molecular complexity index is 766. The number of pyridine rings is 1. The standard InChI is InChI=1S/C18H20ClN3O4/c19-17-9-15(22(23)24)11-21-18(17)20-10-13-2-1-3-14(8-13)12-26-16-4-6-25-7-5-16/h1-3,8-9,11,16H,4-7,10,12H2,(H,20,21). The summed E-state index contributed by atoms with van der Waals surface area (Å²) in [6.07, 6.45) is 3.32. The first-order valence-electron chi connectivity index (χ1n) is 8.43. The lowest BCUT2D eigenvalue weighted by Gasteiger charge is -2.22. The molecule has 1 fully saturated rings. The number of anilines is 1. The first-order valence-corrected chi connectivity index (χ1v) is 8.80. The Labute approximate surface area is 156 Å². The third-order valence-corrected chi connectivity index (χ3v) is 4.43. The van der Waals surface area contributed by atoms with Crippen LogP contribution in [0, 0.1) is 10.1 Å². The molecule has 0 saturated carbocycles. The van der Waals surface area contributed by atoms with Crippen molar-refractivity contribution in [3.8, 4) is 0 Å². The Morgan fingerprint density at radius 2 is 2.08 bits per heavy atom. The fraction of sp³-hybridized carbons (Fsp3) is 0.389. The zero-order valence-electron chi connectivity index (χ0n) is 14.2. The number of hydrogen-bond acceptors (Lipinski definition) is 6. The van der Waals surface area contributed by atoms with Crippen LogP contribution in [-0.4, -0.2) is 29.2 Å². The lowest BCUT2D eigenvalue weighted by atomic mass is 10.1. The highest BCUT2D eigenvalue weighted by Crippen LogP contribution is 2.24. The second-order valence-electron chi connectivity index (χ2n) is 6.08. The van der Waals surface area contributed by atoms with Crippen LogP contribution in [0.15, 0.2) is 36.5 Å². The second-order valence-corrected chi connectivity index (χ2v) is 6.48. The molecule has 0 radical (unpaired) electrons. The van der Waals surface area contributed by atoms with Gasteiger partial charge < -0.3 is 14.8 Å². The maximum atomic E-state index is 10.7. The predicted octanol–water partition coefficient (Wildman–Crippen LogP) is 3.95. The van der Waals surface area contributed by atoms with E-state index < -0.39 is 4.92 Å². The molecule has 1 aromatic carbocycles. The van der Waals surface area contributed by atoms with Crippen molar-refractivity contribution in [3.63, 3.8) is 0 Å². The predicted molar refractivity (Wildman–Crippen MR) is 98.3 cm³/mol. The fourth-order valence-corrected chi connectivity index (χ4v) is 2.96. The van der Waals surface area contributed by atoms with Crippen LogP contribution in [0.5, 0.6) is 0 Å². The number of nitro groups is 1. The minimum atomic E-state index is -0.523. The van der Waals surface area contributed by atoms with Crippen LogP contribution >= 0.6 is 11.6 Å². The monoisotopic (exact) mass is 377 g/mol. The number of rotatable bonds is 7. The van der Waals surface area contributed by atoms with Crippen molar-refractivity contribution < 1.29 is 14.4 Å². The molecule has 0 unspecified atom stereocenters. The number of aromatic nitrogens is 1. The molecule has 0 atom stereocenters. The number of benzene rings is 1. The van der Waals surface area contributed by atoms with Crippen molar-refractivity contribution in [1.29, 1.82) is 0 Å². The average molecular weight is 378 g/mol. The molecule has 7 nitrogen and oxygen atoms in total. The maximum absolute atomic E-state index is 10.7. The van der Waals surface area contributed by atoms with Gasteiger partial charge in [0, 0.05) is 25.8 Å². The first kappa shape index (κ1) is 18.6. The van der Waals surface area contributed by atoms with Crippen LogP contribution in [-0.2, 0) is 22.6 Å². The number of hydrogen-bond donors (Lipinski definition) is 1. The summed E-state index contributed by atoms with van der Waals surface area (Å²) in [6.45, 7) is 2.60.